The van der Waals surface area contributed by atoms with Crippen LogP contribution in [0.4, 0.5) is 15.8 Å². The number of anilines is 2. The Labute approximate surface area is 164 Å². The summed E-state index contributed by atoms with van der Waals surface area (Å²) >= 11 is 6.07. The SMILES string of the molecule is CC1(C)CC(=O)C2=C(C1)N(c1ccc(Cl)cc1)CN(c1ccc(F)cc1)C2. The zero-order chi connectivity index (χ0) is 19.2. The third-order valence-corrected chi connectivity index (χ3v) is 5.54. The number of ketones is 1. The van der Waals surface area contributed by atoms with Crippen molar-refractivity contribution in [2.24, 2.45) is 5.41 Å². The van der Waals surface area contributed by atoms with Gasteiger partial charge in [0.2, 0.25) is 0 Å². The minimum absolute atomic E-state index is 0.0569. The van der Waals surface area contributed by atoms with Gasteiger partial charge in [-0.1, -0.05) is 25.4 Å². The van der Waals surface area contributed by atoms with Crippen molar-refractivity contribution >= 4 is 28.8 Å². The van der Waals surface area contributed by atoms with E-state index in [0.29, 0.717) is 24.7 Å². The molecular formula is C22H22ClFN2O. The molecule has 0 aromatic heterocycles. The highest BCUT2D eigenvalue weighted by Gasteiger charge is 2.39. The van der Waals surface area contributed by atoms with E-state index >= 15 is 0 Å². The van der Waals surface area contributed by atoms with E-state index < -0.39 is 0 Å². The van der Waals surface area contributed by atoms with Gasteiger partial charge in [-0.3, -0.25) is 4.79 Å². The highest BCUT2D eigenvalue weighted by Crippen LogP contribution is 2.42. The van der Waals surface area contributed by atoms with Gasteiger partial charge < -0.3 is 9.80 Å². The van der Waals surface area contributed by atoms with Crippen LogP contribution in [0.1, 0.15) is 26.7 Å². The Bertz CT molecular complexity index is 903. The minimum atomic E-state index is -0.263. The molecule has 0 saturated heterocycles. The summed E-state index contributed by atoms with van der Waals surface area (Å²) in [5.41, 5.74) is 3.80. The molecule has 1 aliphatic carbocycles. The third-order valence-electron chi connectivity index (χ3n) is 5.29. The maximum absolute atomic E-state index is 13.3. The monoisotopic (exact) mass is 384 g/mol. The summed E-state index contributed by atoms with van der Waals surface area (Å²) in [5, 5.41) is 0.681. The van der Waals surface area contributed by atoms with Gasteiger partial charge in [0.05, 0.1) is 6.67 Å². The highest BCUT2D eigenvalue weighted by atomic mass is 35.5. The van der Waals surface area contributed by atoms with Gasteiger partial charge in [0.1, 0.15) is 5.82 Å². The number of rotatable bonds is 2. The maximum Gasteiger partial charge on any atom is 0.162 e. The van der Waals surface area contributed by atoms with Gasteiger partial charge in [0.15, 0.2) is 5.78 Å². The Morgan fingerprint density at radius 3 is 2.26 bits per heavy atom. The molecule has 2 aromatic rings. The Morgan fingerprint density at radius 2 is 1.59 bits per heavy atom. The molecule has 0 saturated carbocycles. The van der Waals surface area contributed by atoms with Crippen molar-refractivity contribution in [3.8, 4) is 0 Å². The van der Waals surface area contributed by atoms with Crippen LogP contribution in [0, 0.1) is 11.2 Å². The summed E-state index contributed by atoms with van der Waals surface area (Å²) in [6, 6.07) is 14.1. The molecule has 0 unspecified atom stereocenters. The van der Waals surface area contributed by atoms with E-state index in [-0.39, 0.29) is 17.0 Å². The fraction of sp³-hybridized carbons (Fsp3) is 0.318. The van der Waals surface area contributed by atoms with E-state index in [1.54, 1.807) is 12.1 Å². The Morgan fingerprint density at radius 1 is 0.963 bits per heavy atom. The number of halogens is 2. The average Bonchev–Trinajstić information content (AvgIpc) is 2.62. The molecule has 4 rings (SSSR count). The molecule has 0 spiro atoms. The van der Waals surface area contributed by atoms with Gasteiger partial charge in [-0.15, -0.1) is 0 Å². The smallest absolute Gasteiger partial charge is 0.162 e. The van der Waals surface area contributed by atoms with Crippen molar-refractivity contribution in [2.75, 3.05) is 23.0 Å². The maximum atomic E-state index is 13.3. The summed E-state index contributed by atoms with van der Waals surface area (Å²) in [7, 11) is 0. The van der Waals surface area contributed by atoms with Crippen LogP contribution in [0.5, 0.6) is 0 Å². The first-order valence-electron chi connectivity index (χ1n) is 9.11. The number of Topliss-reactive ketones (excluding diaryl/α,β-unsaturated/α-hetero) is 1. The molecule has 0 atom stereocenters. The van der Waals surface area contributed by atoms with Crippen molar-refractivity contribution < 1.29 is 9.18 Å². The first-order chi connectivity index (χ1) is 12.8. The van der Waals surface area contributed by atoms with Gasteiger partial charge in [0, 0.05) is 40.6 Å². The second kappa shape index (κ2) is 6.68. The number of nitrogens with zero attached hydrogens (tertiary/aromatic N) is 2. The molecule has 1 heterocycles. The molecule has 27 heavy (non-hydrogen) atoms. The van der Waals surface area contributed by atoms with E-state index in [4.69, 9.17) is 11.6 Å². The quantitative estimate of drug-likeness (QED) is 0.692. The summed E-state index contributed by atoms with van der Waals surface area (Å²) in [6.45, 7) is 5.44. The van der Waals surface area contributed by atoms with E-state index in [0.717, 1.165) is 29.1 Å². The van der Waals surface area contributed by atoms with Gasteiger partial charge in [-0.25, -0.2) is 4.39 Å². The number of hydrogen-bond donors (Lipinski definition) is 0. The number of carbonyl (C=O) groups is 1. The third kappa shape index (κ3) is 3.59. The van der Waals surface area contributed by atoms with E-state index in [1.165, 1.54) is 12.1 Å². The second-order valence-electron chi connectivity index (χ2n) is 8.09. The van der Waals surface area contributed by atoms with Crippen molar-refractivity contribution in [2.45, 2.75) is 26.7 Å². The molecule has 1 aliphatic heterocycles. The lowest BCUT2D eigenvalue weighted by Gasteiger charge is -2.45. The minimum Gasteiger partial charge on any atom is -0.349 e. The average molecular weight is 385 g/mol. The van der Waals surface area contributed by atoms with Crippen molar-refractivity contribution in [1.29, 1.82) is 0 Å². The number of allylic oxidation sites excluding steroid dienone is 1. The summed E-state index contributed by atoms with van der Waals surface area (Å²) in [6.07, 6.45) is 1.41. The number of carbonyl (C=O) groups excluding carboxylic acids is 1. The van der Waals surface area contributed by atoms with Gasteiger partial charge in [0.25, 0.3) is 0 Å². The Kier molecular flexibility index (Phi) is 4.47. The molecule has 2 aromatic carbocycles. The van der Waals surface area contributed by atoms with Gasteiger partial charge in [-0.05, 0) is 60.4 Å². The van der Waals surface area contributed by atoms with Crippen LogP contribution < -0.4 is 9.80 Å². The zero-order valence-electron chi connectivity index (χ0n) is 15.5. The molecule has 0 radical (unpaired) electrons. The van der Waals surface area contributed by atoms with Crippen LogP contribution >= 0.6 is 11.6 Å². The Balaban J connectivity index is 1.78. The summed E-state index contributed by atoms with van der Waals surface area (Å²) in [5.74, 6) is -0.0623. The molecule has 0 N–H and O–H groups in total. The molecule has 0 bridgehead atoms. The van der Waals surface area contributed by atoms with Gasteiger partial charge >= 0.3 is 0 Å². The van der Waals surface area contributed by atoms with E-state index in [2.05, 4.69) is 23.6 Å². The van der Waals surface area contributed by atoms with Crippen LogP contribution in [0.3, 0.4) is 0 Å². The van der Waals surface area contributed by atoms with Crippen LogP contribution in [0.15, 0.2) is 59.8 Å². The predicted molar refractivity (Wildman–Crippen MR) is 108 cm³/mol. The lowest BCUT2D eigenvalue weighted by atomic mass is 9.74. The largest absolute Gasteiger partial charge is 0.349 e. The van der Waals surface area contributed by atoms with E-state index in [9.17, 15) is 9.18 Å². The van der Waals surface area contributed by atoms with Crippen molar-refractivity contribution in [1.82, 2.24) is 0 Å². The number of hydrogen-bond acceptors (Lipinski definition) is 3. The first kappa shape index (κ1) is 18.1. The summed E-state index contributed by atoms with van der Waals surface area (Å²) < 4.78 is 13.3. The van der Waals surface area contributed by atoms with Crippen LogP contribution in [-0.2, 0) is 4.79 Å². The Hall–Kier alpha value is -2.33. The molecule has 5 heteroatoms. The topological polar surface area (TPSA) is 23.6 Å². The van der Waals surface area contributed by atoms with Crippen LogP contribution in [0.25, 0.3) is 0 Å². The van der Waals surface area contributed by atoms with Crippen LogP contribution in [0.2, 0.25) is 5.02 Å². The zero-order valence-corrected chi connectivity index (χ0v) is 16.3. The number of benzene rings is 2. The molecule has 0 amide bonds. The standard InChI is InChI=1S/C22H22ClFN2O/c1-22(2)11-20-19(21(27)12-22)13-25(17-9-5-16(24)6-10-17)14-26(20)18-7-3-15(23)4-8-18/h3-10H,11-14H2,1-2H3. The fourth-order valence-electron chi connectivity index (χ4n) is 3.94. The normalized spacial score (nSPS) is 19.3. The fourth-order valence-corrected chi connectivity index (χ4v) is 4.07. The predicted octanol–water partition coefficient (Wildman–Crippen LogP) is 5.41. The molecule has 3 nitrogen and oxygen atoms in total. The lowest BCUT2D eigenvalue weighted by Crippen LogP contribution is -2.48. The second-order valence-corrected chi connectivity index (χ2v) is 8.52. The molecular weight excluding hydrogens is 363 g/mol. The highest BCUT2D eigenvalue weighted by molar-refractivity contribution is 6.30. The van der Waals surface area contributed by atoms with E-state index in [1.807, 2.05) is 24.3 Å². The van der Waals surface area contributed by atoms with Gasteiger partial charge in [-0.2, -0.15) is 0 Å². The molecule has 140 valence electrons. The molecule has 2 aliphatic rings. The lowest BCUT2D eigenvalue weighted by molar-refractivity contribution is -0.118. The summed E-state index contributed by atoms with van der Waals surface area (Å²) in [4.78, 5) is 17.2. The first-order valence-corrected chi connectivity index (χ1v) is 9.49. The van der Waals surface area contributed by atoms with Crippen molar-refractivity contribution in [3.05, 3.63) is 70.6 Å². The molecule has 0 fully saturated rings. The van der Waals surface area contributed by atoms with Crippen LogP contribution in [-0.4, -0.2) is 19.0 Å². The van der Waals surface area contributed by atoms with Crippen molar-refractivity contribution in [3.63, 3.8) is 0 Å².